The molecule has 4 nitrogen and oxygen atoms in total. The average Bonchev–Trinajstić information content (AvgIpc) is 2.25. The molecule has 0 radical (unpaired) electrons. The molecule has 1 rings (SSSR count). The lowest BCUT2D eigenvalue weighted by Gasteiger charge is -2.02. The van der Waals surface area contributed by atoms with Crippen LogP contribution in [0.15, 0.2) is 29.4 Å². The molecule has 0 unspecified atom stereocenters. The van der Waals surface area contributed by atoms with E-state index >= 15 is 0 Å². The van der Waals surface area contributed by atoms with Gasteiger partial charge in [-0.25, -0.2) is 0 Å². The smallest absolute Gasteiger partial charge is 0.163 e. The van der Waals surface area contributed by atoms with Gasteiger partial charge in [-0.1, -0.05) is 29.4 Å². The fourth-order valence-corrected chi connectivity index (χ4v) is 1.38. The van der Waals surface area contributed by atoms with Crippen LogP contribution in [0.4, 0.5) is 0 Å². The zero-order valence-electron chi connectivity index (χ0n) is 8.68. The highest BCUT2D eigenvalue weighted by atomic mass is 16.1. The molecule has 1 aromatic rings. The number of benzene rings is 1. The molecular formula is C11H13N3O. The number of carbonyl (C=O) groups is 1. The molecule has 0 aromatic heterocycles. The molecule has 0 spiro atoms. The highest BCUT2D eigenvalue weighted by Gasteiger charge is 2.06. The number of ketones is 1. The first-order valence-electron chi connectivity index (χ1n) is 4.85. The van der Waals surface area contributed by atoms with E-state index in [1.807, 2.05) is 31.2 Å². The van der Waals surface area contributed by atoms with Crippen LogP contribution in [0.3, 0.4) is 0 Å². The molecule has 0 aliphatic carbocycles. The second-order valence-electron chi connectivity index (χ2n) is 3.30. The van der Waals surface area contributed by atoms with Crippen LogP contribution in [0.5, 0.6) is 0 Å². The van der Waals surface area contributed by atoms with Gasteiger partial charge in [-0.15, -0.1) is 0 Å². The molecule has 0 atom stereocenters. The molecular weight excluding hydrogens is 190 g/mol. The Balaban J connectivity index is 2.54. The van der Waals surface area contributed by atoms with Crippen molar-refractivity contribution < 1.29 is 4.79 Å². The standard InChI is InChI=1S/C11H13N3O/c1-9-5-2-3-6-10(9)11(15)7-4-8-13-14-12/h2-3,5-6H,4,7-8H2,1H3. The first-order valence-corrected chi connectivity index (χ1v) is 4.85. The Labute approximate surface area is 88.6 Å². The van der Waals surface area contributed by atoms with E-state index in [1.165, 1.54) is 0 Å². The van der Waals surface area contributed by atoms with E-state index in [-0.39, 0.29) is 5.78 Å². The van der Waals surface area contributed by atoms with Crippen LogP contribution in [0.25, 0.3) is 10.4 Å². The van der Waals surface area contributed by atoms with Crippen LogP contribution in [-0.2, 0) is 0 Å². The molecule has 15 heavy (non-hydrogen) atoms. The number of hydrogen-bond acceptors (Lipinski definition) is 2. The minimum absolute atomic E-state index is 0.112. The van der Waals surface area contributed by atoms with Crippen molar-refractivity contribution in [3.63, 3.8) is 0 Å². The van der Waals surface area contributed by atoms with Crippen molar-refractivity contribution in [2.45, 2.75) is 19.8 Å². The van der Waals surface area contributed by atoms with Crippen molar-refractivity contribution in [3.8, 4) is 0 Å². The topological polar surface area (TPSA) is 65.8 Å². The molecule has 0 saturated carbocycles. The summed E-state index contributed by atoms with van der Waals surface area (Å²) in [6.07, 6.45) is 1.04. The van der Waals surface area contributed by atoms with Gasteiger partial charge in [-0.2, -0.15) is 0 Å². The Morgan fingerprint density at radius 3 is 2.87 bits per heavy atom. The summed E-state index contributed by atoms with van der Waals surface area (Å²) in [5.41, 5.74) is 9.82. The molecule has 0 saturated heterocycles. The summed E-state index contributed by atoms with van der Waals surface area (Å²) in [6, 6.07) is 7.51. The lowest BCUT2D eigenvalue weighted by molar-refractivity contribution is 0.0980. The third-order valence-electron chi connectivity index (χ3n) is 2.17. The normalized spacial score (nSPS) is 9.40. The molecule has 0 aliphatic rings. The third-order valence-corrected chi connectivity index (χ3v) is 2.17. The van der Waals surface area contributed by atoms with Gasteiger partial charge in [0.25, 0.3) is 0 Å². The van der Waals surface area contributed by atoms with Gasteiger partial charge in [0, 0.05) is 23.4 Å². The predicted octanol–water partition coefficient (Wildman–Crippen LogP) is 3.27. The summed E-state index contributed by atoms with van der Waals surface area (Å²) in [5.74, 6) is 0.112. The highest BCUT2D eigenvalue weighted by Crippen LogP contribution is 2.10. The Bertz CT molecular complexity index is 395. The van der Waals surface area contributed by atoms with Crippen LogP contribution >= 0.6 is 0 Å². The average molecular weight is 203 g/mol. The minimum atomic E-state index is 0.112. The maximum absolute atomic E-state index is 11.7. The Morgan fingerprint density at radius 2 is 2.20 bits per heavy atom. The fourth-order valence-electron chi connectivity index (χ4n) is 1.38. The second kappa shape index (κ2) is 5.83. The van der Waals surface area contributed by atoms with Crippen molar-refractivity contribution in [1.29, 1.82) is 0 Å². The number of carbonyl (C=O) groups excluding carboxylic acids is 1. The molecule has 0 fully saturated rings. The first kappa shape index (κ1) is 11.3. The number of rotatable bonds is 5. The second-order valence-corrected chi connectivity index (χ2v) is 3.30. The van der Waals surface area contributed by atoms with Gasteiger partial charge in [0.2, 0.25) is 0 Å². The summed E-state index contributed by atoms with van der Waals surface area (Å²) < 4.78 is 0. The van der Waals surface area contributed by atoms with Crippen molar-refractivity contribution in [2.75, 3.05) is 6.54 Å². The van der Waals surface area contributed by atoms with E-state index in [0.29, 0.717) is 19.4 Å². The number of nitrogens with zero attached hydrogens (tertiary/aromatic N) is 3. The predicted molar refractivity (Wildman–Crippen MR) is 58.8 cm³/mol. The Hall–Kier alpha value is -1.80. The summed E-state index contributed by atoms with van der Waals surface area (Å²) in [6.45, 7) is 2.30. The maximum atomic E-state index is 11.7. The highest BCUT2D eigenvalue weighted by molar-refractivity contribution is 5.97. The lowest BCUT2D eigenvalue weighted by Crippen LogP contribution is -2.01. The van der Waals surface area contributed by atoms with Crippen molar-refractivity contribution in [3.05, 3.63) is 45.8 Å². The molecule has 0 heterocycles. The number of hydrogen-bond donors (Lipinski definition) is 0. The van der Waals surface area contributed by atoms with Gasteiger partial charge >= 0.3 is 0 Å². The van der Waals surface area contributed by atoms with Gasteiger partial charge in [-0.05, 0) is 24.4 Å². The zero-order valence-corrected chi connectivity index (χ0v) is 8.68. The van der Waals surface area contributed by atoms with E-state index < -0.39 is 0 Å². The van der Waals surface area contributed by atoms with Gasteiger partial charge in [-0.3, -0.25) is 4.79 Å². The molecule has 78 valence electrons. The Morgan fingerprint density at radius 1 is 1.47 bits per heavy atom. The lowest BCUT2D eigenvalue weighted by atomic mass is 10.0. The first-order chi connectivity index (χ1) is 7.25. The van der Waals surface area contributed by atoms with E-state index in [9.17, 15) is 4.79 Å². The van der Waals surface area contributed by atoms with Gasteiger partial charge in [0.15, 0.2) is 5.78 Å². The van der Waals surface area contributed by atoms with E-state index in [1.54, 1.807) is 0 Å². The van der Waals surface area contributed by atoms with E-state index in [0.717, 1.165) is 11.1 Å². The van der Waals surface area contributed by atoms with Crippen LogP contribution in [0, 0.1) is 6.92 Å². The summed E-state index contributed by atoms with van der Waals surface area (Å²) in [5, 5.41) is 3.39. The quantitative estimate of drug-likeness (QED) is 0.238. The van der Waals surface area contributed by atoms with Crippen LogP contribution in [0.2, 0.25) is 0 Å². The molecule has 1 aromatic carbocycles. The summed E-state index contributed by atoms with van der Waals surface area (Å²) in [4.78, 5) is 14.3. The molecule has 0 aliphatic heterocycles. The molecule has 0 amide bonds. The van der Waals surface area contributed by atoms with E-state index in [2.05, 4.69) is 10.0 Å². The minimum Gasteiger partial charge on any atom is -0.294 e. The van der Waals surface area contributed by atoms with Gasteiger partial charge in [0.1, 0.15) is 0 Å². The maximum Gasteiger partial charge on any atom is 0.163 e. The molecule has 4 heteroatoms. The van der Waals surface area contributed by atoms with Crippen molar-refractivity contribution in [1.82, 2.24) is 0 Å². The zero-order chi connectivity index (χ0) is 11.1. The van der Waals surface area contributed by atoms with Gasteiger partial charge in [0.05, 0.1) is 0 Å². The molecule has 0 N–H and O–H groups in total. The van der Waals surface area contributed by atoms with Gasteiger partial charge < -0.3 is 0 Å². The third kappa shape index (κ3) is 3.44. The summed E-state index contributed by atoms with van der Waals surface area (Å²) in [7, 11) is 0. The largest absolute Gasteiger partial charge is 0.294 e. The van der Waals surface area contributed by atoms with E-state index in [4.69, 9.17) is 5.53 Å². The Kier molecular flexibility index (Phi) is 4.38. The number of azide groups is 1. The summed E-state index contributed by atoms with van der Waals surface area (Å²) >= 11 is 0. The van der Waals surface area contributed by atoms with Crippen molar-refractivity contribution in [2.24, 2.45) is 5.11 Å². The SMILES string of the molecule is Cc1ccccc1C(=O)CCCN=[N+]=[N-]. The van der Waals surface area contributed by atoms with Crippen LogP contribution in [0.1, 0.15) is 28.8 Å². The monoisotopic (exact) mass is 203 g/mol. The van der Waals surface area contributed by atoms with Crippen LogP contribution in [-0.4, -0.2) is 12.3 Å². The number of Topliss-reactive ketones (excluding diaryl/α,β-unsaturated/α-hetero) is 1. The van der Waals surface area contributed by atoms with Crippen molar-refractivity contribution >= 4 is 5.78 Å². The number of aryl methyl sites for hydroxylation is 1. The fraction of sp³-hybridized carbons (Fsp3) is 0.364. The van der Waals surface area contributed by atoms with Crippen LogP contribution < -0.4 is 0 Å². The molecule has 0 bridgehead atoms.